The number of pyridine rings is 1. The zero-order chi connectivity index (χ0) is 19.1. The molecule has 3 atom stereocenters. The van der Waals surface area contributed by atoms with Crippen LogP contribution in [0.15, 0.2) is 22.9 Å². The van der Waals surface area contributed by atoms with Crippen LogP contribution < -0.4 is 5.32 Å². The van der Waals surface area contributed by atoms with Gasteiger partial charge in [0.05, 0.1) is 11.8 Å². The first-order valence-electron chi connectivity index (χ1n) is 9.95. The van der Waals surface area contributed by atoms with Gasteiger partial charge < -0.3 is 19.5 Å². The molecule has 0 saturated carbocycles. The Morgan fingerprint density at radius 2 is 2.07 bits per heavy atom. The lowest BCUT2D eigenvalue weighted by Gasteiger charge is -2.30. The highest BCUT2D eigenvalue weighted by Crippen LogP contribution is 2.27. The summed E-state index contributed by atoms with van der Waals surface area (Å²) in [6.45, 7) is 4.69. The van der Waals surface area contributed by atoms with Crippen LogP contribution in [0.25, 0.3) is 11.0 Å². The van der Waals surface area contributed by atoms with E-state index < -0.39 is 0 Å². The van der Waals surface area contributed by atoms with E-state index >= 15 is 0 Å². The van der Waals surface area contributed by atoms with Crippen molar-refractivity contribution in [2.75, 3.05) is 44.2 Å². The first-order valence-corrected chi connectivity index (χ1v) is 11.1. The van der Waals surface area contributed by atoms with Crippen LogP contribution >= 0.6 is 11.8 Å². The smallest absolute Gasteiger partial charge is 0.270 e. The predicted octanol–water partition coefficient (Wildman–Crippen LogP) is 1.84. The number of aromatic nitrogens is 1. The average molecular weight is 401 g/mol. The Morgan fingerprint density at radius 3 is 2.89 bits per heavy atom. The molecule has 0 radical (unpaired) electrons. The molecule has 0 spiro atoms. The van der Waals surface area contributed by atoms with Gasteiger partial charge in [0.2, 0.25) is 0 Å². The van der Waals surface area contributed by atoms with E-state index in [2.05, 4.69) is 15.2 Å². The minimum Gasteiger partial charge on any atom is -0.462 e. The molecule has 5 heterocycles. The summed E-state index contributed by atoms with van der Waals surface area (Å²) in [6.07, 6.45) is 5.30. The highest BCUT2D eigenvalue weighted by atomic mass is 32.2. The molecule has 1 unspecified atom stereocenters. The Labute approximate surface area is 167 Å². The maximum atomic E-state index is 12.9. The number of rotatable bonds is 3. The molecule has 3 saturated heterocycles. The van der Waals surface area contributed by atoms with Crippen LogP contribution in [0, 0.1) is 5.92 Å². The quantitative estimate of drug-likeness (QED) is 0.847. The fraction of sp³-hybridized carbons (Fsp3) is 0.550. The Bertz CT molecular complexity index is 896. The van der Waals surface area contributed by atoms with Crippen LogP contribution in [-0.4, -0.2) is 76.9 Å². The van der Waals surface area contributed by atoms with Gasteiger partial charge in [-0.3, -0.25) is 9.59 Å². The van der Waals surface area contributed by atoms with E-state index in [1.165, 1.54) is 12.7 Å². The molecule has 3 aliphatic heterocycles. The van der Waals surface area contributed by atoms with Crippen molar-refractivity contribution < 1.29 is 14.0 Å². The Hall–Kier alpha value is -2.06. The number of amides is 2. The summed E-state index contributed by atoms with van der Waals surface area (Å²) in [6, 6.07) is 1.86. The zero-order valence-corrected chi connectivity index (χ0v) is 16.5. The number of carbonyl (C=O) groups is 2. The van der Waals surface area contributed by atoms with Crippen molar-refractivity contribution in [2.45, 2.75) is 18.9 Å². The second-order valence-corrected chi connectivity index (χ2v) is 9.16. The largest absolute Gasteiger partial charge is 0.462 e. The van der Waals surface area contributed by atoms with Crippen LogP contribution in [0.4, 0.5) is 0 Å². The molecule has 3 fully saturated rings. The van der Waals surface area contributed by atoms with E-state index in [1.807, 2.05) is 16.7 Å². The van der Waals surface area contributed by atoms with E-state index in [0.29, 0.717) is 28.1 Å². The first-order chi connectivity index (χ1) is 13.7. The number of thioether (sulfide) groups is 1. The molecule has 2 amide bonds. The summed E-state index contributed by atoms with van der Waals surface area (Å²) in [5.74, 6) is 2.39. The fourth-order valence-corrected chi connectivity index (χ4v) is 5.49. The van der Waals surface area contributed by atoms with Gasteiger partial charge in [-0.25, -0.2) is 4.98 Å². The van der Waals surface area contributed by atoms with Crippen LogP contribution in [0.5, 0.6) is 0 Å². The molecule has 28 heavy (non-hydrogen) atoms. The van der Waals surface area contributed by atoms with E-state index in [-0.39, 0.29) is 17.9 Å². The SMILES string of the molecule is O=C(N[C@@H]1C[C@H]2CCN(C2)C1)c1cc2c(C(=O)N3CCSCC3)coc2cn1. The molecule has 1 N–H and O–H groups in total. The summed E-state index contributed by atoms with van der Waals surface area (Å²) in [4.78, 5) is 34.2. The van der Waals surface area contributed by atoms with E-state index in [1.54, 1.807) is 12.3 Å². The van der Waals surface area contributed by atoms with Gasteiger partial charge in [-0.05, 0) is 31.4 Å². The molecule has 0 aliphatic carbocycles. The monoisotopic (exact) mass is 400 g/mol. The van der Waals surface area contributed by atoms with Gasteiger partial charge in [-0.1, -0.05) is 0 Å². The van der Waals surface area contributed by atoms with Gasteiger partial charge in [-0.15, -0.1) is 0 Å². The summed E-state index contributed by atoms with van der Waals surface area (Å²) in [7, 11) is 0. The van der Waals surface area contributed by atoms with Crippen molar-refractivity contribution in [3.63, 3.8) is 0 Å². The summed E-state index contributed by atoms with van der Waals surface area (Å²) in [5.41, 5.74) is 1.39. The molecular formula is C20H24N4O3S. The number of nitrogens with zero attached hydrogens (tertiary/aromatic N) is 3. The molecule has 3 aliphatic rings. The van der Waals surface area contributed by atoms with Crippen molar-refractivity contribution >= 4 is 34.5 Å². The second kappa shape index (κ2) is 7.40. The normalized spacial score (nSPS) is 27.1. The highest BCUT2D eigenvalue weighted by molar-refractivity contribution is 7.99. The molecule has 148 valence electrons. The van der Waals surface area contributed by atoms with Crippen LogP contribution in [0.1, 0.15) is 33.7 Å². The van der Waals surface area contributed by atoms with Crippen LogP contribution in [0.2, 0.25) is 0 Å². The third kappa shape index (κ3) is 3.39. The van der Waals surface area contributed by atoms with Crippen molar-refractivity contribution in [1.82, 2.24) is 20.1 Å². The Kier molecular flexibility index (Phi) is 4.76. The summed E-state index contributed by atoms with van der Waals surface area (Å²) in [5, 5.41) is 3.80. The molecule has 2 aromatic heterocycles. The zero-order valence-electron chi connectivity index (χ0n) is 15.7. The van der Waals surface area contributed by atoms with Gasteiger partial charge in [-0.2, -0.15) is 11.8 Å². The number of piperidine rings is 1. The number of hydrogen-bond acceptors (Lipinski definition) is 6. The minimum atomic E-state index is -0.177. The Morgan fingerprint density at radius 1 is 1.21 bits per heavy atom. The number of fused-ring (bicyclic) bond motifs is 3. The molecule has 2 bridgehead atoms. The third-order valence-electron chi connectivity index (χ3n) is 6.02. The molecule has 8 heteroatoms. The predicted molar refractivity (Wildman–Crippen MR) is 108 cm³/mol. The van der Waals surface area contributed by atoms with Gasteiger partial charge in [0.1, 0.15) is 12.0 Å². The maximum absolute atomic E-state index is 12.9. The van der Waals surface area contributed by atoms with Crippen LogP contribution in [0.3, 0.4) is 0 Å². The van der Waals surface area contributed by atoms with Gasteiger partial charge >= 0.3 is 0 Å². The minimum absolute atomic E-state index is 0.0340. The lowest BCUT2D eigenvalue weighted by molar-refractivity contribution is 0.0772. The van der Waals surface area contributed by atoms with Crippen molar-refractivity contribution in [1.29, 1.82) is 0 Å². The van der Waals surface area contributed by atoms with Crippen molar-refractivity contribution in [3.05, 3.63) is 29.8 Å². The lowest BCUT2D eigenvalue weighted by atomic mass is 9.97. The topological polar surface area (TPSA) is 78.7 Å². The van der Waals surface area contributed by atoms with E-state index in [0.717, 1.165) is 50.7 Å². The van der Waals surface area contributed by atoms with Gasteiger partial charge in [0, 0.05) is 49.1 Å². The Balaban J connectivity index is 1.35. The highest BCUT2D eigenvalue weighted by Gasteiger charge is 2.33. The standard InChI is InChI=1S/C20H24N4O3S/c25-19(22-14-7-13-1-2-23(10-13)11-14)17-8-15-16(12-27-18(15)9-21-17)20(26)24-3-5-28-6-4-24/h8-9,12-14H,1-7,10-11H2,(H,22,25)/t13-,14-/m1/s1. The number of carbonyl (C=O) groups excluding carboxylic acids is 2. The summed E-state index contributed by atoms with van der Waals surface area (Å²) < 4.78 is 5.53. The first kappa shape index (κ1) is 18.0. The maximum Gasteiger partial charge on any atom is 0.270 e. The summed E-state index contributed by atoms with van der Waals surface area (Å²) >= 11 is 1.86. The van der Waals surface area contributed by atoms with E-state index in [4.69, 9.17) is 4.42 Å². The van der Waals surface area contributed by atoms with Crippen molar-refractivity contribution in [3.8, 4) is 0 Å². The molecule has 0 aromatic carbocycles. The third-order valence-corrected chi connectivity index (χ3v) is 6.97. The van der Waals surface area contributed by atoms with E-state index in [9.17, 15) is 9.59 Å². The number of furan rings is 1. The molecule has 2 aromatic rings. The fourth-order valence-electron chi connectivity index (χ4n) is 4.58. The van der Waals surface area contributed by atoms with Gasteiger partial charge in [0.25, 0.3) is 11.8 Å². The molecular weight excluding hydrogens is 376 g/mol. The van der Waals surface area contributed by atoms with Crippen LogP contribution in [-0.2, 0) is 0 Å². The number of nitrogens with one attached hydrogen (secondary N) is 1. The van der Waals surface area contributed by atoms with Crippen molar-refractivity contribution in [2.24, 2.45) is 5.92 Å². The molecule has 7 nitrogen and oxygen atoms in total. The second-order valence-electron chi connectivity index (χ2n) is 7.94. The average Bonchev–Trinajstić information content (AvgIpc) is 3.30. The molecule has 5 rings (SSSR count). The lowest BCUT2D eigenvalue weighted by Crippen LogP contribution is -2.47. The van der Waals surface area contributed by atoms with Gasteiger partial charge in [0.15, 0.2) is 5.58 Å². The number of hydrogen-bond donors (Lipinski definition) is 1.